The minimum Gasteiger partial charge on any atom is -0.492 e. The quantitative estimate of drug-likeness (QED) is 0.663. The molecule has 0 amide bonds. The predicted molar refractivity (Wildman–Crippen MR) is 79.5 cm³/mol. The Bertz CT molecular complexity index is 383. The number of aliphatic hydroxyl groups is 1. The van der Waals surface area contributed by atoms with Crippen LogP contribution in [0.1, 0.15) is 13.8 Å². The minimum absolute atomic E-state index is 0.489. The van der Waals surface area contributed by atoms with Crippen molar-refractivity contribution in [2.24, 2.45) is 0 Å². The zero-order valence-electron chi connectivity index (χ0n) is 11.2. The lowest BCUT2D eigenvalue weighted by molar-refractivity contribution is 0.0997. The standard InChI is InChI=1S/C13H22N2O2S/c1-4-17-12-7-10(5-6-11(12)14)15-8-13(2,16)9-18-3/h5-7,15-16H,4,8-9,14H2,1-3H3. The van der Waals surface area contributed by atoms with Gasteiger partial charge in [0, 0.05) is 24.1 Å². The fourth-order valence-electron chi connectivity index (χ4n) is 1.58. The van der Waals surface area contributed by atoms with Crippen LogP contribution < -0.4 is 15.8 Å². The molecule has 0 fully saturated rings. The highest BCUT2D eigenvalue weighted by molar-refractivity contribution is 7.98. The van der Waals surface area contributed by atoms with Gasteiger partial charge in [-0.25, -0.2) is 0 Å². The van der Waals surface area contributed by atoms with Crippen LogP contribution >= 0.6 is 11.8 Å². The topological polar surface area (TPSA) is 67.5 Å². The summed E-state index contributed by atoms with van der Waals surface area (Å²) in [5.41, 5.74) is 6.59. The first-order valence-electron chi connectivity index (χ1n) is 5.96. The van der Waals surface area contributed by atoms with Crippen LogP contribution in [-0.4, -0.2) is 35.9 Å². The molecule has 1 aromatic rings. The molecule has 0 saturated carbocycles. The number of nitrogen functional groups attached to an aromatic ring is 1. The van der Waals surface area contributed by atoms with Crippen LogP contribution in [0.4, 0.5) is 11.4 Å². The highest BCUT2D eigenvalue weighted by Gasteiger charge is 2.19. The average Bonchev–Trinajstić information content (AvgIpc) is 2.30. The van der Waals surface area contributed by atoms with E-state index in [2.05, 4.69) is 5.32 Å². The minimum atomic E-state index is -0.730. The molecule has 0 heterocycles. The summed E-state index contributed by atoms with van der Waals surface area (Å²) in [4.78, 5) is 0. The number of hydrogen-bond donors (Lipinski definition) is 3. The number of anilines is 2. The number of benzene rings is 1. The molecule has 4 N–H and O–H groups in total. The maximum absolute atomic E-state index is 10.1. The zero-order valence-corrected chi connectivity index (χ0v) is 12.0. The Morgan fingerprint density at radius 2 is 2.22 bits per heavy atom. The summed E-state index contributed by atoms with van der Waals surface area (Å²) in [5.74, 6) is 1.36. The number of nitrogens with one attached hydrogen (secondary N) is 1. The molecule has 1 atom stereocenters. The number of rotatable bonds is 7. The van der Waals surface area contributed by atoms with Gasteiger partial charge in [0.2, 0.25) is 0 Å². The molecular weight excluding hydrogens is 248 g/mol. The Kier molecular flexibility index (Phi) is 5.62. The molecule has 1 aromatic carbocycles. The van der Waals surface area contributed by atoms with Gasteiger partial charge in [0.05, 0.1) is 17.9 Å². The molecule has 5 heteroatoms. The first-order valence-corrected chi connectivity index (χ1v) is 7.35. The summed E-state index contributed by atoms with van der Waals surface area (Å²) in [6, 6.07) is 5.54. The van der Waals surface area contributed by atoms with E-state index in [0.29, 0.717) is 30.3 Å². The Hall–Kier alpha value is -1.07. The van der Waals surface area contributed by atoms with Crippen LogP contribution in [-0.2, 0) is 0 Å². The molecule has 0 aliphatic rings. The van der Waals surface area contributed by atoms with E-state index >= 15 is 0 Å². The van der Waals surface area contributed by atoms with Gasteiger partial charge in [-0.05, 0) is 32.2 Å². The highest BCUT2D eigenvalue weighted by Crippen LogP contribution is 2.26. The third kappa shape index (κ3) is 4.66. The molecule has 18 heavy (non-hydrogen) atoms. The maximum atomic E-state index is 10.1. The van der Waals surface area contributed by atoms with Gasteiger partial charge in [0.1, 0.15) is 5.75 Å². The largest absolute Gasteiger partial charge is 0.492 e. The first kappa shape index (κ1) is 15.0. The van der Waals surface area contributed by atoms with E-state index in [-0.39, 0.29) is 0 Å². The Labute approximate surface area is 113 Å². The fourth-order valence-corrected chi connectivity index (χ4v) is 2.30. The molecule has 0 aromatic heterocycles. The van der Waals surface area contributed by atoms with Crippen molar-refractivity contribution in [2.45, 2.75) is 19.4 Å². The molecule has 1 rings (SSSR count). The predicted octanol–water partition coefficient (Wildman–Crippen LogP) is 2.19. The monoisotopic (exact) mass is 270 g/mol. The highest BCUT2D eigenvalue weighted by atomic mass is 32.2. The summed E-state index contributed by atoms with van der Waals surface area (Å²) in [5, 5.41) is 13.3. The molecule has 102 valence electrons. The van der Waals surface area contributed by atoms with Crippen molar-refractivity contribution >= 4 is 23.1 Å². The van der Waals surface area contributed by atoms with Crippen molar-refractivity contribution in [2.75, 3.05) is 36.2 Å². The fraction of sp³-hybridized carbons (Fsp3) is 0.538. The lowest BCUT2D eigenvalue weighted by Crippen LogP contribution is -2.36. The van der Waals surface area contributed by atoms with Gasteiger partial charge >= 0.3 is 0 Å². The number of hydrogen-bond acceptors (Lipinski definition) is 5. The molecule has 4 nitrogen and oxygen atoms in total. The Morgan fingerprint density at radius 1 is 1.50 bits per heavy atom. The van der Waals surface area contributed by atoms with Gasteiger partial charge in [-0.2, -0.15) is 11.8 Å². The molecular formula is C13H22N2O2S. The zero-order chi connectivity index (χ0) is 13.6. The van der Waals surface area contributed by atoms with Crippen LogP contribution in [0, 0.1) is 0 Å². The molecule has 0 saturated heterocycles. The van der Waals surface area contributed by atoms with Crippen LogP contribution in [0.15, 0.2) is 18.2 Å². The number of nitrogens with two attached hydrogens (primary N) is 1. The third-order valence-corrected chi connectivity index (χ3v) is 3.35. The van der Waals surface area contributed by atoms with Crippen molar-refractivity contribution in [3.8, 4) is 5.75 Å². The summed E-state index contributed by atoms with van der Waals surface area (Å²) in [6.45, 7) is 4.81. The van der Waals surface area contributed by atoms with E-state index < -0.39 is 5.60 Å². The van der Waals surface area contributed by atoms with E-state index in [1.807, 2.05) is 32.2 Å². The first-order chi connectivity index (χ1) is 8.48. The van der Waals surface area contributed by atoms with Gasteiger partial charge in [-0.3, -0.25) is 0 Å². The van der Waals surface area contributed by atoms with Gasteiger partial charge in [-0.1, -0.05) is 0 Å². The van der Waals surface area contributed by atoms with E-state index in [4.69, 9.17) is 10.5 Å². The normalized spacial score (nSPS) is 14.0. The summed E-state index contributed by atoms with van der Waals surface area (Å²) < 4.78 is 5.43. The molecule has 0 bridgehead atoms. The third-order valence-electron chi connectivity index (χ3n) is 2.44. The van der Waals surface area contributed by atoms with Gasteiger partial charge < -0.3 is 20.9 Å². The second kappa shape index (κ2) is 6.75. The Morgan fingerprint density at radius 3 is 2.83 bits per heavy atom. The van der Waals surface area contributed by atoms with E-state index in [1.54, 1.807) is 17.8 Å². The number of ether oxygens (including phenoxy) is 1. The molecule has 0 aliphatic heterocycles. The Balaban J connectivity index is 2.65. The number of thioether (sulfide) groups is 1. The lowest BCUT2D eigenvalue weighted by atomic mass is 10.1. The van der Waals surface area contributed by atoms with Crippen LogP contribution in [0.5, 0.6) is 5.75 Å². The van der Waals surface area contributed by atoms with Crippen LogP contribution in [0.3, 0.4) is 0 Å². The van der Waals surface area contributed by atoms with Gasteiger partial charge in [0.25, 0.3) is 0 Å². The molecule has 0 radical (unpaired) electrons. The van der Waals surface area contributed by atoms with E-state index in [0.717, 1.165) is 5.69 Å². The van der Waals surface area contributed by atoms with Gasteiger partial charge in [-0.15, -0.1) is 0 Å². The second-order valence-corrected chi connectivity index (χ2v) is 5.34. The van der Waals surface area contributed by atoms with Crippen LogP contribution in [0.25, 0.3) is 0 Å². The molecule has 1 unspecified atom stereocenters. The van der Waals surface area contributed by atoms with Crippen molar-refractivity contribution in [1.82, 2.24) is 0 Å². The van der Waals surface area contributed by atoms with Gasteiger partial charge in [0.15, 0.2) is 0 Å². The van der Waals surface area contributed by atoms with Crippen molar-refractivity contribution in [3.05, 3.63) is 18.2 Å². The van der Waals surface area contributed by atoms with Crippen LogP contribution in [0.2, 0.25) is 0 Å². The smallest absolute Gasteiger partial charge is 0.144 e. The van der Waals surface area contributed by atoms with E-state index in [9.17, 15) is 5.11 Å². The summed E-state index contributed by atoms with van der Waals surface area (Å²) in [6.07, 6.45) is 1.98. The molecule has 0 spiro atoms. The van der Waals surface area contributed by atoms with E-state index in [1.165, 1.54) is 0 Å². The van der Waals surface area contributed by atoms with Crippen molar-refractivity contribution in [1.29, 1.82) is 0 Å². The second-order valence-electron chi connectivity index (χ2n) is 4.47. The lowest BCUT2D eigenvalue weighted by Gasteiger charge is -2.23. The average molecular weight is 270 g/mol. The summed E-state index contributed by atoms with van der Waals surface area (Å²) >= 11 is 1.62. The summed E-state index contributed by atoms with van der Waals surface area (Å²) in [7, 11) is 0. The van der Waals surface area contributed by atoms with Crippen molar-refractivity contribution in [3.63, 3.8) is 0 Å². The van der Waals surface area contributed by atoms with Crippen molar-refractivity contribution < 1.29 is 9.84 Å². The molecule has 0 aliphatic carbocycles. The SMILES string of the molecule is CCOc1cc(NCC(C)(O)CSC)ccc1N. The maximum Gasteiger partial charge on any atom is 0.144 e.